The van der Waals surface area contributed by atoms with Crippen LogP contribution in [-0.2, 0) is 23.8 Å². The van der Waals surface area contributed by atoms with Crippen molar-refractivity contribution in [3.63, 3.8) is 0 Å². The molecule has 0 saturated carbocycles. The Morgan fingerprint density at radius 1 is 1.13 bits per heavy atom. The van der Waals surface area contributed by atoms with E-state index in [0.29, 0.717) is 0 Å². The molecule has 0 amide bonds. The molecule has 0 unspecified atom stereocenters. The van der Waals surface area contributed by atoms with Gasteiger partial charge in [0.25, 0.3) is 0 Å². The van der Waals surface area contributed by atoms with Gasteiger partial charge in [-0.25, -0.2) is 0 Å². The molecule has 1 aromatic carbocycles. The van der Waals surface area contributed by atoms with Crippen molar-refractivity contribution in [2.45, 2.75) is 50.2 Å². The van der Waals surface area contributed by atoms with Crippen molar-refractivity contribution in [3.05, 3.63) is 30.3 Å². The Hall–Kier alpha value is -1.40. The molecule has 0 bridgehead atoms. The van der Waals surface area contributed by atoms with Crippen LogP contribution in [-0.4, -0.2) is 56.6 Å². The van der Waals surface area contributed by atoms with Gasteiger partial charge in [0.2, 0.25) is 0 Å². The molecule has 23 heavy (non-hydrogen) atoms. The summed E-state index contributed by atoms with van der Waals surface area (Å²) >= 11 is -0.223. The van der Waals surface area contributed by atoms with Gasteiger partial charge in [-0.3, -0.25) is 0 Å². The maximum atomic E-state index is 11.3. The number of aliphatic hydroxyl groups excluding tert-OH is 1. The molecule has 7 heteroatoms. The molecule has 0 spiro atoms. The first-order valence-corrected chi connectivity index (χ1v) is 9.12. The van der Waals surface area contributed by atoms with Crippen LogP contribution in [0.15, 0.2) is 30.3 Å². The van der Waals surface area contributed by atoms with E-state index in [1.54, 1.807) is 6.92 Å². The van der Waals surface area contributed by atoms with E-state index in [9.17, 15) is 14.7 Å². The SMILES string of the molecule is CC(=O)O[C@@H]1O[C@H](C)[C@H](OC(C)=O)[C@H](O)[C@H]1[Se]c1ccccc1. The molecule has 1 aliphatic heterocycles. The molecule has 1 heterocycles. The van der Waals surface area contributed by atoms with Gasteiger partial charge in [-0.2, -0.15) is 0 Å². The van der Waals surface area contributed by atoms with Crippen LogP contribution >= 0.6 is 0 Å². The molecule has 0 aliphatic carbocycles. The molecular weight excluding hydrogens is 367 g/mol. The average molecular weight is 387 g/mol. The van der Waals surface area contributed by atoms with Gasteiger partial charge < -0.3 is 0 Å². The van der Waals surface area contributed by atoms with Gasteiger partial charge in [-0.15, -0.1) is 0 Å². The van der Waals surface area contributed by atoms with Crippen LogP contribution in [0.4, 0.5) is 0 Å². The molecule has 1 N–H and O–H groups in total. The molecule has 1 aliphatic rings. The summed E-state index contributed by atoms with van der Waals surface area (Å²) in [5.41, 5.74) is 0. The second-order valence-corrected chi connectivity index (χ2v) is 7.90. The van der Waals surface area contributed by atoms with E-state index in [1.807, 2.05) is 30.3 Å². The molecule has 1 aromatic rings. The first-order chi connectivity index (χ1) is 10.9. The number of aliphatic hydroxyl groups is 1. The van der Waals surface area contributed by atoms with E-state index < -0.39 is 41.4 Å². The Morgan fingerprint density at radius 3 is 2.30 bits per heavy atom. The fraction of sp³-hybridized carbons (Fsp3) is 0.500. The molecule has 0 radical (unpaired) electrons. The molecule has 1 saturated heterocycles. The van der Waals surface area contributed by atoms with Crippen LogP contribution in [0, 0.1) is 0 Å². The van der Waals surface area contributed by atoms with Crippen LogP contribution in [0.3, 0.4) is 0 Å². The van der Waals surface area contributed by atoms with Crippen molar-refractivity contribution in [1.29, 1.82) is 0 Å². The topological polar surface area (TPSA) is 82.1 Å². The quantitative estimate of drug-likeness (QED) is 0.595. The number of carbonyl (C=O) groups is 2. The van der Waals surface area contributed by atoms with Crippen molar-refractivity contribution in [1.82, 2.24) is 0 Å². The van der Waals surface area contributed by atoms with Gasteiger partial charge in [0.15, 0.2) is 0 Å². The first kappa shape index (κ1) is 17.9. The zero-order chi connectivity index (χ0) is 17.0. The summed E-state index contributed by atoms with van der Waals surface area (Å²) in [5.74, 6) is -0.962. The van der Waals surface area contributed by atoms with Crippen molar-refractivity contribution >= 4 is 31.4 Å². The third kappa shape index (κ3) is 4.78. The molecule has 1 fully saturated rings. The molecule has 6 nitrogen and oxygen atoms in total. The first-order valence-electron chi connectivity index (χ1n) is 7.28. The van der Waals surface area contributed by atoms with Gasteiger partial charge in [-0.1, -0.05) is 0 Å². The van der Waals surface area contributed by atoms with E-state index in [4.69, 9.17) is 14.2 Å². The number of benzene rings is 1. The fourth-order valence-electron chi connectivity index (χ4n) is 2.39. The van der Waals surface area contributed by atoms with E-state index in [-0.39, 0.29) is 15.0 Å². The Labute approximate surface area is 141 Å². The summed E-state index contributed by atoms with van der Waals surface area (Å²) in [6.07, 6.45) is -3.17. The van der Waals surface area contributed by atoms with Crippen LogP contribution in [0.25, 0.3) is 0 Å². The Bertz CT molecular complexity index is 549. The van der Waals surface area contributed by atoms with Crippen molar-refractivity contribution in [2.75, 3.05) is 0 Å². The van der Waals surface area contributed by atoms with E-state index in [2.05, 4.69) is 0 Å². The fourth-order valence-corrected chi connectivity index (χ4v) is 4.81. The van der Waals surface area contributed by atoms with Crippen molar-refractivity contribution in [2.24, 2.45) is 0 Å². The molecule has 126 valence electrons. The van der Waals surface area contributed by atoms with Gasteiger partial charge in [-0.05, 0) is 0 Å². The van der Waals surface area contributed by atoms with Crippen LogP contribution in [0.1, 0.15) is 20.8 Å². The average Bonchev–Trinajstić information content (AvgIpc) is 2.48. The minimum absolute atomic E-state index is 0.223. The Balaban J connectivity index is 2.22. The summed E-state index contributed by atoms with van der Waals surface area (Å²) < 4.78 is 17.1. The van der Waals surface area contributed by atoms with Gasteiger partial charge in [0, 0.05) is 0 Å². The summed E-state index contributed by atoms with van der Waals surface area (Å²) in [7, 11) is 0. The normalized spacial score (nSPS) is 30.5. The molecule has 2 rings (SSSR count). The number of carbonyl (C=O) groups excluding carboxylic acids is 2. The van der Waals surface area contributed by atoms with Crippen molar-refractivity contribution in [3.8, 4) is 0 Å². The summed E-state index contributed by atoms with van der Waals surface area (Å²) in [4.78, 5) is 22.1. The van der Waals surface area contributed by atoms with Crippen LogP contribution < -0.4 is 4.46 Å². The third-order valence-corrected chi connectivity index (χ3v) is 6.12. The van der Waals surface area contributed by atoms with Gasteiger partial charge in [0.1, 0.15) is 0 Å². The van der Waals surface area contributed by atoms with Gasteiger partial charge >= 0.3 is 141 Å². The van der Waals surface area contributed by atoms with E-state index in [0.717, 1.165) is 4.46 Å². The third-order valence-electron chi connectivity index (χ3n) is 3.35. The van der Waals surface area contributed by atoms with Gasteiger partial charge in [0.05, 0.1) is 0 Å². The van der Waals surface area contributed by atoms with E-state index >= 15 is 0 Å². The second kappa shape index (κ2) is 7.92. The van der Waals surface area contributed by atoms with Crippen LogP contribution in [0.5, 0.6) is 0 Å². The predicted molar refractivity (Wildman–Crippen MR) is 83.2 cm³/mol. The summed E-state index contributed by atoms with van der Waals surface area (Å²) in [5, 5.41) is 10.7. The molecular formula is C16H20O6Se. The number of ether oxygens (including phenoxy) is 3. The Morgan fingerprint density at radius 2 is 1.74 bits per heavy atom. The minimum atomic E-state index is -0.966. The Kier molecular flexibility index (Phi) is 6.18. The van der Waals surface area contributed by atoms with Crippen molar-refractivity contribution < 1.29 is 28.9 Å². The standard InChI is InChI=1S/C16H20O6Se/c1-9-14(21-10(2)17)13(19)15(16(20-9)22-11(3)18)23-12-7-5-4-6-8-12/h4-9,13-16,19H,1-3H3/t9-,13+,14+,15-,16+/m1/s1. The second-order valence-electron chi connectivity index (χ2n) is 5.28. The maximum absolute atomic E-state index is 11.3. The number of hydrogen-bond donors (Lipinski definition) is 1. The molecule has 5 atom stereocenters. The number of hydrogen-bond acceptors (Lipinski definition) is 6. The summed E-state index contributed by atoms with van der Waals surface area (Å²) in [6.45, 7) is 4.26. The van der Waals surface area contributed by atoms with E-state index in [1.165, 1.54) is 13.8 Å². The molecule has 0 aromatic heterocycles. The van der Waals surface area contributed by atoms with Crippen LogP contribution in [0.2, 0.25) is 4.82 Å². The monoisotopic (exact) mass is 388 g/mol. The number of rotatable bonds is 4. The number of esters is 2. The predicted octanol–water partition coefficient (Wildman–Crippen LogP) is 0.405. The summed E-state index contributed by atoms with van der Waals surface area (Å²) in [6, 6.07) is 9.59. The zero-order valence-electron chi connectivity index (χ0n) is 13.2. The zero-order valence-corrected chi connectivity index (χ0v) is 14.9.